The predicted molar refractivity (Wildman–Crippen MR) is 103 cm³/mol. The number of nitrogens with zero attached hydrogens (tertiary/aromatic N) is 2. The molecule has 1 heterocycles. The summed E-state index contributed by atoms with van der Waals surface area (Å²) in [5.41, 5.74) is 23.4. The molecule has 130 valence electrons. The minimum absolute atomic E-state index is 0.189. The van der Waals surface area contributed by atoms with Crippen molar-refractivity contribution in [1.82, 2.24) is 9.97 Å². The van der Waals surface area contributed by atoms with Gasteiger partial charge in [-0.15, -0.1) is 0 Å². The van der Waals surface area contributed by atoms with Crippen LogP contribution in [0.1, 0.15) is 21.6 Å². The van der Waals surface area contributed by atoms with Crippen molar-refractivity contribution in [3.63, 3.8) is 0 Å². The Morgan fingerprint density at radius 1 is 1.08 bits per heavy atom. The maximum absolute atomic E-state index is 11.6. The second-order valence-corrected chi connectivity index (χ2v) is 6.64. The van der Waals surface area contributed by atoms with Crippen LogP contribution >= 0.6 is 11.6 Å². The molecule has 1 aliphatic carbocycles. The quantitative estimate of drug-likeness (QED) is 0.603. The van der Waals surface area contributed by atoms with Crippen LogP contribution in [0.2, 0.25) is 5.02 Å². The van der Waals surface area contributed by atoms with E-state index in [1.54, 1.807) is 18.2 Å². The standard InChI is InChI=1S/C19H16ClN5O/c20-13-7-9-4-5-15-16(12(9)8-14(13)21)17(25-19(23)24-15)10-2-1-3-11(6-10)18(22)26/h1-3,6-8H,4-5,21H2,(H2,22,26)(H2,23,24,25). The first kappa shape index (κ1) is 16.4. The molecule has 3 aromatic rings. The Bertz CT molecular complexity index is 1060. The molecule has 1 amide bonds. The molecule has 4 rings (SSSR count). The number of benzene rings is 2. The topological polar surface area (TPSA) is 121 Å². The molecular weight excluding hydrogens is 350 g/mol. The number of carbonyl (C=O) groups is 1. The molecule has 0 saturated heterocycles. The number of nitrogens with two attached hydrogens (primary N) is 3. The molecule has 0 radical (unpaired) electrons. The van der Waals surface area contributed by atoms with E-state index in [0.29, 0.717) is 22.0 Å². The fourth-order valence-corrected chi connectivity index (χ4v) is 3.53. The number of hydrogen-bond donors (Lipinski definition) is 3. The molecule has 26 heavy (non-hydrogen) atoms. The van der Waals surface area contributed by atoms with Crippen molar-refractivity contribution in [2.24, 2.45) is 5.73 Å². The SMILES string of the molecule is NC(=O)c1cccc(-c2nc(N)nc3c2-c2cc(N)c(Cl)cc2CC3)c1. The van der Waals surface area contributed by atoms with Crippen molar-refractivity contribution < 1.29 is 4.79 Å². The van der Waals surface area contributed by atoms with Gasteiger partial charge in [0.25, 0.3) is 0 Å². The summed E-state index contributed by atoms with van der Waals surface area (Å²) in [5.74, 6) is -0.312. The normalized spacial score (nSPS) is 12.3. The Morgan fingerprint density at radius 2 is 1.88 bits per heavy atom. The van der Waals surface area contributed by atoms with Gasteiger partial charge in [0.15, 0.2) is 0 Å². The van der Waals surface area contributed by atoms with E-state index in [0.717, 1.165) is 40.8 Å². The first-order valence-corrected chi connectivity index (χ1v) is 8.46. The van der Waals surface area contributed by atoms with Gasteiger partial charge in [0.1, 0.15) is 0 Å². The molecule has 2 aromatic carbocycles. The first-order chi connectivity index (χ1) is 12.4. The predicted octanol–water partition coefficient (Wildman–Crippen LogP) is 2.83. The van der Waals surface area contributed by atoms with Crippen molar-refractivity contribution in [3.05, 3.63) is 58.2 Å². The van der Waals surface area contributed by atoms with Gasteiger partial charge in [0.05, 0.1) is 22.1 Å². The van der Waals surface area contributed by atoms with Crippen molar-refractivity contribution in [1.29, 1.82) is 0 Å². The molecule has 0 bridgehead atoms. The third kappa shape index (κ3) is 2.64. The maximum Gasteiger partial charge on any atom is 0.248 e. The lowest BCUT2D eigenvalue weighted by atomic mass is 9.85. The number of carbonyl (C=O) groups excluding carboxylic acids is 1. The van der Waals surface area contributed by atoms with Gasteiger partial charge in [-0.3, -0.25) is 4.79 Å². The number of primary amides is 1. The highest BCUT2D eigenvalue weighted by molar-refractivity contribution is 6.33. The van der Waals surface area contributed by atoms with Crippen LogP contribution in [0, 0.1) is 0 Å². The van der Waals surface area contributed by atoms with Crippen LogP contribution in [0.3, 0.4) is 0 Å². The van der Waals surface area contributed by atoms with Gasteiger partial charge in [0, 0.05) is 16.7 Å². The number of hydrogen-bond acceptors (Lipinski definition) is 5. The second kappa shape index (κ2) is 6.00. The van der Waals surface area contributed by atoms with E-state index in [1.807, 2.05) is 18.2 Å². The van der Waals surface area contributed by atoms with E-state index < -0.39 is 5.91 Å². The number of aryl methyl sites for hydroxylation is 2. The number of amides is 1. The average molecular weight is 366 g/mol. The molecule has 0 fully saturated rings. The molecule has 0 saturated carbocycles. The second-order valence-electron chi connectivity index (χ2n) is 6.23. The number of aromatic nitrogens is 2. The van der Waals surface area contributed by atoms with Crippen LogP contribution in [0.4, 0.5) is 11.6 Å². The van der Waals surface area contributed by atoms with Crippen molar-refractivity contribution in [3.8, 4) is 22.4 Å². The fourth-order valence-electron chi connectivity index (χ4n) is 3.34. The van der Waals surface area contributed by atoms with E-state index in [9.17, 15) is 4.79 Å². The molecule has 6 nitrogen and oxygen atoms in total. The van der Waals surface area contributed by atoms with E-state index in [1.165, 1.54) is 0 Å². The molecular formula is C19H16ClN5O. The molecule has 0 unspecified atom stereocenters. The third-order valence-electron chi connectivity index (χ3n) is 4.54. The molecule has 0 atom stereocenters. The zero-order chi connectivity index (χ0) is 18.4. The van der Waals surface area contributed by atoms with Crippen LogP contribution in [0.15, 0.2) is 36.4 Å². The maximum atomic E-state index is 11.6. The highest BCUT2D eigenvalue weighted by Crippen LogP contribution is 2.41. The van der Waals surface area contributed by atoms with Gasteiger partial charge in [0.2, 0.25) is 11.9 Å². The first-order valence-electron chi connectivity index (χ1n) is 8.09. The third-order valence-corrected chi connectivity index (χ3v) is 4.87. The summed E-state index contributed by atoms with van der Waals surface area (Å²) >= 11 is 6.18. The fraction of sp³-hybridized carbons (Fsp3) is 0.105. The Kier molecular flexibility index (Phi) is 3.77. The summed E-state index contributed by atoms with van der Waals surface area (Å²) < 4.78 is 0. The molecule has 0 aliphatic heterocycles. The monoisotopic (exact) mass is 365 g/mol. The Morgan fingerprint density at radius 3 is 2.65 bits per heavy atom. The van der Waals surface area contributed by atoms with Crippen LogP contribution in [-0.2, 0) is 12.8 Å². The largest absolute Gasteiger partial charge is 0.398 e. The van der Waals surface area contributed by atoms with Gasteiger partial charge >= 0.3 is 0 Å². The average Bonchev–Trinajstić information content (AvgIpc) is 2.62. The van der Waals surface area contributed by atoms with Gasteiger partial charge in [-0.2, -0.15) is 0 Å². The molecule has 1 aromatic heterocycles. The zero-order valence-corrected chi connectivity index (χ0v) is 14.5. The zero-order valence-electron chi connectivity index (χ0n) is 13.8. The summed E-state index contributed by atoms with van der Waals surface area (Å²) in [5, 5.41) is 0.529. The van der Waals surface area contributed by atoms with E-state index in [-0.39, 0.29) is 5.95 Å². The van der Waals surface area contributed by atoms with Gasteiger partial charge in [-0.05, 0) is 48.2 Å². The summed E-state index contributed by atoms with van der Waals surface area (Å²) in [4.78, 5) is 20.4. The summed E-state index contributed by atoms with van der Waals surface area (Å²) in [7, 11) is 0. The minimum atomic E-state index is -0.501. The van der Waals surface area contributed by atoms with E-state index in [4.69, 9.17) is 28.8 Å². The van der Waals surface area contributed by atoms with Crippen molar-refractivity contribution in [2.75, 3.05) is 11.5 Å². The van der Waals surface area contributed by atoms with Crippen LogP contribution in [-0.4, -0.2) is 15.9 Å². The Hall–Kier alpha value is -3.12. The van der Waals surface area contributed by atoms with Crippen LogP contribution in [0.5, 0.6) is 0 Å². The summed E-state index contributed by atoms with van der Waals surface area (Å²) in [6, 6.07) is 10.7. The number of halogens is 1. The van der Waals surface area contributed by atoms with Crippen LogP contribution < -0.4 is 17.2 Å². The molecule has 6 N–H and O–H groups in total. The highest BCUT2D eigenvalue weighted by Gasteiger charge is 2.24. The molecule has 1 aliphatic rings. The van der Waals surface area contributed by atoms with Gasteiger partial charge in [-0.1, -0.05) is 23.7 Å². The summed E-state index contributed by atoms with van der Waals surface area (Å²) in [6.07, 6.45) is 1.51. The number of fused-ring (bicyclic) bond motifs is 3. The lowest BCUT2D eigenvalue weighted by Crippen LogP contribution is -2.13. The van der Waals surface area contributed by atoms with Crippen LogP contribution in [0.25, 0.3) is 22.4 Å². The number of nitrogen functional groups attached to an aromatic ring is 2. The highest BCUT2D eigenvalue weighted by atomic mass is 35.5. The Balaban J connectivity index is 2.01. The molecule has 0 spiro atoms. The smallest absolute Gasteiger partial charge is 0.248 e. The minimum Gasteiger partial charge on any atom is -0.398 e. The van der Waals surface area contributed by atoms with Gasteiger partial charge in [-0.25, -0.2) is 9.97 Å². The van der Waals surface area contributed by atoms with Gasteiger partial charge < -0.3 is 17.2 Å². The van der Waals surface area contributed by atoms with Crippen molar-refractivity contribution >= 4 is 29.1 Å². The lowest BCUT2D eigenvalue weighted by molar-refractivity contribution is 0.100. The van der Waals surface area contributed by atoms with E-state index >= 15 is 0 Å². The Labute approximate surface area is 155 Å². The van der Waals surface area contributed by atoms with Crippen molar-refractivity contribution in [2.45, 2.75) is 12.8 Å². The summed E-state index contributed by atoms with van der Waals surface area (Å²) in [6.45, 7) is 0. The lowest BCUT2D eigenvalue weighted by Gasteiger charge is -2.23. The molecule has 7 heteroatoms. The van der Waals surface area contributed by atoms with E-state index in [2.05, 4.69) is 9.97 Å². The number of rotatable bonds is 2. The number of anilines is 2.